The van der Waals surface area contributed by atoms with Crippen molar-refractivity contribution in [2.45, 2.75) is 32.2 Å². The van der Waals surface area contributed by atoms with Crippen LogP contribution in [0.2, 0.25) is 0 Å². The molecule has 4 heteroatoms. The highest BCUT2D eigenvalue weighted by Gasteiger charge is 2.46. The summed E-state index contributed by atoms with van der Waals surface area (Å²) in [5.41, 5.74) is -0.793. The zero-order valence-corrected chi connectivity index (χ0v) is 8.66. The van der Waals surface area contributed by atoms with Crippen molar-refractivity contribution < 1.29 is 9.90 Å². The van der Waals surface area contributed by atoms with Gasteiger partial charge in [-0.25, -0.2) is 0 Å². The number of aliphatic hydroxyl groups is 1. The Balaban J connectivity index is 2.69. The fourth-order valence-electron chi connectivity index (χ4n) is 1.56. The summed E-state index contributed by atoms with van der Waals surface area (Å²) in [7, 11) is 1.64. The maximum atomic E-state index is 11.9. The van der Waals surface area contributed by atoms with Crippen molar-refractivity contribution in [1.29, 1.82) is 5.26 Å². The number of hydrogen-bond acceptors (Lipinski definition) is 3. The van der Waals surface area contributed by atoms with Crippen LogP contribution < -0.4 is 0 Å². The maximum absolute atomic E-state index is 11.9. The molecule has 1 saturated carbocycles. The highest BCUT2D eigenvalue weighted by atomic mass is 16.3. The molecule has 1 atom stereocenters. The second kappa shape index (κ2) is 3.97. The molecule has 1 unspecified atom stereocenters. The van der Waals surface area contributed by atoms with Gasteiger partial charge in [0.25, 0.3) is 0 Å². The van der Waals surface area contributed by atoms with E-state index in [-0.39, 0.29) is 18.6 Å². The number of amides is 1. The summed E-state index contributed by atoms with van der Waals surface area (Å²) in [5, 5.41) is 17.9. The number of nitrogens with zero attached hydrogens (tertiary/aromatic N) is 2. The van der Waals surface area contributed by atoms with Crippen molar-refractivity contribution >= 4 is 5.91 Å². The first-order valence-electron chi connectivity index (χ1n) is 4.87. The molecule has 0 aromatic heterocycles. The van der Waals surface area contributed by atoms with Crippen LogP contribution >= 0.6 is 0 Å². The third-order valence-electron chi connectivity index (χ3n) is 3.08. The summed E-state index contributed by atoms with van der Waals surface area (Å²) in [4.78, 5) is 13.3. The van der Waals surface area contributed by atoms with E-state index in [2.05, 4.69) is 6.07 Å². The van der Waals surface area contributed by atoms with Gasteiger partial charge in [-0.15, -0.1) is 0 Å². The van der Waals surface area contributed by atoms with Crippen LogP contribution in [0.5, 0.6) is 0 Å². The molecular weight excluding hydrogens is 180 g/mol. The second-order valence-electron chi connectivity index (χ2n) is 4.00. The molecule has 1 rings (SSSR count). The average Bonchev–Trinajstić information content (AvgIpc) is 2.14. The first-order valence-corrected chi connectivity index (χ1v) is 4.87. The fourth-order valence-corrected chi connectivity index (χ4v) is 1.56. The molecule has 0 radical (unpaired) electrons. The van der Waals surface area contributed by atoms with Crippen LogP contribution in [0, 0.1) is 16.7 Å². The second-order valence-corrected chi connectivity index (χ2v) is 4.00. The van der Waals surface area contributed by atoms with Crippen molar-refractivity contribution in [3.05, 3.63) is 0 Å². The van der Waals surface area contributed by atoms with Gasteiger partial charge in [-0.2, -0.15) is 5.26 Å². The van der Waals surface area contributed by atoms with E-state index < -0.39 is 5.41 Å². The largest absolute Gasteiger partial charge is 0.394 e. The number of likely N-dealkylation sites (N-methyl/N-ethyl adjacent to an activating group) is 1. The highest BCUT2D eigenvalue weighted by molar-refractivity contribution is 5.86. The number of carbonyl (C=O) groups is 1. The van der Waals surface area contributed by atoms with Gasteiger partial charge in [0, 0.05) is 7.05 Å². The van der Waals surface area contributed by atoms with Crippen molar-refractivity contribution in [2.24, 2.45) is 5.41 Å². The summed E-state index contributed by atoms with van der Waals surface area (Å²) in [6.45, 7) is 1.70. The molecule has 0 aromatic carbocycles. The first kappa shape index (κ1) is 11.0. The molecule has 1 fully saturated rings. The lowest BCUT2D eigenvalue weighted by Gasteiger charge is -2.38. The van der Waals surface area contributed by atoms with Gasteiger partial charge in [0.15, 0.2) is 0 Å². The van der Waals surface area contributed by atoms with Gasteiger partial charge in [0.1, 0.15) is 5.41 Å². The topological polar surface area (TPSA) is 64.3 Å². The summed E-state index contributed by atoms with van der Waals surface area (Å²) in [5.74, 6) is -0.146. The smallest absolute Gasteiger partial charge is 0.243 e. The first-order chi connectivity index (χ1) is 6.57. The standard InChI is InChI=1S/C10H16N2O2/c1-8(6-13)12(2)9(14)10(7-11)4-3-5-10/h8,13H,3-6H2,1-2H3. The average molecular weight is 196 g/mol. The molecule has 1 amide bonds. The monoisotopic (exact) mass is 196 g/mol. The van der Waals surface area contributed by atoms with E-state index in [9.17, 15) is 4.79 Å². The number of carbonyl (C=O) groups excluding carboxylic acids is 1. The van der Waals surface area contributed by atoms with Crippen LogP contribution in [-0.2, 0) is 4.79 Å². The Kier molecular flexibility index (Phi) is 3.12. The lowest BCUT2D eigenvalue weighted by molar-refractivity contribution is -0.144. The zero-order chi connectivity index (χ0) is 10.8. The van der Waals surface area contributed by atoms with Crippen LogP contribution in [0.4, 0.5) is 0 Å². The molecule has 14 heavy (non-hydrogen) atoms. The third-order valence-corrected chi connectivity index (χ3v) is 3.08. The normalized spacial score (nSPS) is 20.4. The molecule has 0 aromatic rings. The number of rotatable bonds is 3. The van der Waals surface area contributed by atoms with Gasteiger partial charge in [-0.05, 0) is 26.2 Å². The van der Waals surface area contributed by atoms with Gasteiger partial charge >= 0.3 is 0 Å². The molecular formula is C10H16N2O2. The number of aliphatic hydroxyl groups excluding tert-OH is 1. The highest BCUT2D eigenvalue weighted by Crippen LogP contribution is 2.41. The maximum Gasteiger partial charge on any atom is 0.243 e. The van der Waals surface area contributed by atoms with Crippen LogP contribution in [0.25, 0.3) is 0 Å². The van der Waals surface area contributed by atoms with E-state index >= 15 is 0 Å². The molecule has 0 aliphatic heterocycles. The van der Waals surface area contributed by atoms with Crippen LogP contribution in [0.15, 0.2) is 0 Å². The van der Waals surface area contributed by atoms with E-state index in [0.29, 0.717) is 12.8 Å². The zero-order valence-electron chi connectivity index (χ0n) is 8.66. The van der Waals surface area contributed by atoms with E-state index in [1.807, 2.05) is 0 Å². The molecule has 0 heterocycles. The Labute approximate surface area is 84.1 Å². The Hall–Kier alpha value is -1.08. The molecule has 1 aliphatic rings. The lowest BCUT2D eigenvalue weighted by atomic mass is 9.69. The molecule has 78 valence electrons. The Morgan fingerprint density at radius 2 is 2.29 bits per heavy atom. The minimum atomic E-state index is -0.793. The molecule has 0 bridgehead atoms. The molecule has 0 saturated heterocycles. The van der Waals surface area contributed by atoms with E-state index in [0.717, 1.165) is 6.42 Å². The number of hydrogen-bond donors (Lipinski definition) is 1. The van der Waals surface area contributed by atoms with Crippen LogP contribution in [0.1, 0.15) is 26.2 Å². The van der Waals surface area contributed by atoms with Gasteiger partial charge in [-0.1, -0.05) is 0 Å². The Morgan fingerprint density at radius 1 is 1.71 bits per heavy atom. The Bertz CT molecular complexity index is 266. The molecule has 4 nitrogen and oxygen atoms in total. The van der Waals surface area contributed by atoms with Crippen LogP contribution in [0.3, 0.4) is 0 Å². The Morgan fingerprint density at radius 3 is 2.57 bits per heavy atom. The summed E-state index contributed by atoms with van der Waals surface area (Å²) in [6.07, 6.45) is 2.26. The van der Waals surface area contributed by atoms with Gasteiger partial charge in [0.05, 0.1) is 18.7 Å². The molecule has 1 aliphatic carbocycles. The number of nitriles is 1. The summed E-state index contributed by atoms with van der Waals surface area (Å²) in [6, 6.07) is 1.89. The third kappa shape index (κ3) is 1.60. The van der Waals surface area contributed by atoms with E-state index in [1.54, 1.807) is 14.0 Å². The predicted octanol–water partition coefficient (Wildman–Crippen LogP) is 0.519. The van der Waals surface area contributed by atoms with Gasteiger partial charge in [0.2, 0.25) is 5.91 Å². The molecule has 0 spiro atoms. The van der Waals surface area contributed by atoms with Crippen LogP contribution in [-0.4, -0.2) is 35.6 Å². The lowest BCUT2D eigenvalue weighted by Crippen LogP contribution is -2.49. The minimum absolute atomic E-state index is 0.0657. The van der Waals surface area contributed by atoms with E-state index in [1.165, 1.54) is 4.90 Å². The summed E-state index contributed by atoms with van der Waals surface area (Å²) >= 11 is 0. The fraction of sp³-hybridized carbons (Fsp3) is 0.800. The minimum Gasteiger partial charge on any atom is -0.394 e. The van der Waals surface area contributed by atoms with Crippen molar-refractivity contribution in [3.8, 4) is 6.07 Å². The van der Waals surface area contributed by atoms with Gasteiger partial charge in [-0.3, -0.25) is 4.79 Å². The molecule has 1 N–H and O–H groups in total. The quantitative estimate of drug-likeness (QED) is 0.715. The van der Waals surface area contributed by atoms with Crippen molar-refractivity contribution in [3.63, 3.8) is 0 Å². The SMILES string of the molecule is CC(CO)N(C)C(=O)C1(C#N)CCC1. The summed E-state index contributed by atoms with van der Waals surface area (Å²) < 4.78 is 0. The van der Waals surface area contributed by atoms with E-state index in [4.69, 9.17) is 10.4 Å². The predicted molar refractivity (Wildman–Crippen MR) is 51.2 cm³/mol. The van der Waals surface area contributed by atoms with Crippen molar-refractivity contribution in [1.82, 2.24) is 4.90 Å². The van der Waals surface area contributed by atoms with Crippen molar-refractivity contribution in [2.75, 3.05) is 13.7 Å². The van der Waals surface area contributed by atoms with Gasteiger partial charge < -0.3 is 10.0 Å².